The average molecular weight is 282 g/mol. The van der Waals surface area contributed by atoms with Crippen molar-refractivity contribution in [1.82, 2.24) is 9.97 Å². The van der Waals surface area contributed by atoms with E-state index in [0.29, 0.717) is 12.4 Å². The van der Waals surface area contributed by atoms with Crippen LogP contribution in [0.5, 0.6) is 5.75 Å². The van der Waals surface area contributed by atoms with Gasteiger partial charge in [-0.1, -0.05) is 12.1 Å². The minimum absolute atomic E-state index is 0.0635. The fourth-order valence-corrected chi connectivity index (χ4v) is 1.97. The van der Waals surface area contributed by atoms with Gasteiger partial charge in [-0.05, 0) is 37.1 Å². The van der Waals surface area contributed by atoms with Crippen LogP contribution in [-0.4, -0.2) is 17.1 Å². The predicted molar refractivity (Wildman–Crippen MR) is 81.1 cm³/mol. The molecular weight excluding hydrogens is 264 g/mol. The maximum atomic E-state index is 8.80. The first-order valence-corrected chi connectivity index (χ1v) is 6.74. The molecule has 0 spiro atoms. The van der Waals surface area contributed by atoms with Crippen molar-refractivity contribution in [2.45, 2.75) is 26.3 Å². The topological polar surface area (TPSA) is 70.8 Å². The van der Waals surface area contributed by atoms with Crippen molar-refractivity contribution in [1.29, 1.82) is 5.26 Å². The molecule has 108 valence electrons. The van der Waals surface area contributed by atoms with Gasteiger partial charge in [0, 0.05) is 6.20 Å². The molecule has 0 saturated carbocycles. The molecule has 1 aromatic heterocycles. The summed E-state index contributed by atoms with van der Waals surface area (Å²) in [6.07, 6.45) is 2.03. The summed E-state index contributed by atoms with van der Waals surface area (Å²) in [5.74, 6) is 1.36. The molecule has 0 amide bonds. The van der Waals surface area contributed by atoms with Crippen LogP contribution in [0.4, 0.5) is 5.95 Å². The number of nitrogens with one attached hydrogen (secondary N) is 1. The number of benzene rings is 1. The molecule has 1 N–H and O–H groups in total. The molecule has 0 aliphatic heterocycles. The third kappa shape index (κ3) is 3.69. The second kappa shape index (κ2) is 6.71. The number of aryl methyl sites for hydroxylation is 1. The first-order valence-electron chi connectivity index (χ1n) is 6.74. The van der Waals surface area contributed by atoms with E-state index in [-0.39, 0.29) is 6.04 Å². The highest BCUT2D eigenvalue weighted by atomic mass is 16.5. The zero-order valence-electron chi connectivity index (χ0n) is 12.4. The summed E-state index contributed by atoms with van der Waals surface area (Å²) in [4.78, 5) is 8.66. The van der Waals surface area contributed by atoms with E-state index in [1.54, 1.807) is 13.3 Å². The number of ether oxygens (including phenoxy) is 1. The first kappa shape index (κ1) is 14.8. The van der Waals surface area contributed by atoms with E-state index in [1.165, 1.54) is 0 Å². The Kier molecular flexibility index (Phi) is 4.72. The first-order chi connectivity index (χ1) is 10.1. The van der Waals surface area contributed by atoms with Crippen molar-refractivity contribution in [3.8, 4) is 11.8 Å². The van der Waals surface area contributed by atoms with E-state index < -0.39 is 0 Å². The second-order valence-electron chi connectivity index (χ2n) is 4.80. The van der Waals surface area contributed by atoms with Gasteiger partial charge >= 0.3 is 0 Å². The second-order valence-corrected chi connectivity index (χ2v) is 4.80. The lowest BCUT2D eigenvalue weighted by molar-refractivity contribution is 0.414. The van der Waals surface area contributed by atoms with Crippen LogP contribution in [0.1, 0.15) is 29.8 Å². The van der Waals surface area contributed by atoms with Gasteiger partial charge in [-0.2, -0.15) is 5.26 Å². The number of anilines is 1. The van der Waals surface area contributed by atoms with Gasteiger partial charge in [0.1, 0.15) is 5.75 Å². The number of hydrogen-bond acceptors (Lipinski definition) is 5. The van der Waals surface area contributed by atoms with Crippen molar-refractivity contribution in [2.24, 2.45) is 0 Å². The van der Waals surface area contributed by atoms with E-state index in [2.05, 4.69) is 21.4 Å². The zero-order valence-corrected chi connectivity index (χ0v) is 12.4. The maximum Gasteiger partial charge on any atom is 0.223 e. The van der Waals surface area contributed by atoms with E-state index in [1.807, 2.05) is 38.1 Å². The molecule has 0 fully saturated rings. The summed E-state index contributed by atoms with van der Waals surface area (Å²) in [5, 5.41) is 12.1. The van der Waals surface area contributed by atoms with Crippen LogP contribution in [-0.2, 0) is 6.42 Å². The van der Waals surface area contributed by atoms with E-state index >= 15 is 0 Å². The molecule has 1 aromatic carbocycles. The summed E-state index contributed by atoms with van der Waals surface area (Å²) in [7, 11) is 1.65. The maximum absolute atomic E-state index is 8.80. The standard InChI is InChI=1S/C16H18N4O/c1-11-10-18-16(20-15(11)8-9-17)19-12(2)13-4-6-14(21-3)7-5-13/h4-7,10,12H,8H2,1-3H3,(H,18,19,20). The summed E-state index contributed by atoms with van der Waals surface area (Å²) in [6, 6.07) is 10.0. The zero-order chi connectivity index (χ0) is 15.2. The predicted octanol–water partition coefficient (Wildman–Crippen LogP) is 3.03. The van der Waals surface area contributed by atoms with Crippen molar-refractivity contribution >= 4 is 5.95 Å². The summed E-state index contributed by atoms with van der Waals surface area (Å²) in [5.41, 5.74) is 2.80. The van der Waals surface area contributed by atoms with Crippen LogP contribution in [0.25, 0.3) is 0 Å². The highest BCUT2D eigenvalue weighted by Crippen LogP contribution is 2.20. The Bertz CT molecular complexity index is 646. The molecule has 2 aromatic rings. The van der Waals surface area contributed by atoms with Crippen LogP contribution in [0.3, 0.4) is 0 Å². The summed E-state index contributed by atoms with van der Waals surface area (Å²) in [6.45, 7) is 3.94. The molecule has 1 unspecified atom stereocenters. The third-order valence-corrected chi connectivity index (χ3v) is 3.28. The van der Waals surface area contributed by atoms with Gasteiger partial charge in [0.05, 0.1) is 31.3 Å². The molecular formula is C16H18N4O. The van der Waals surface area contributed by atoms with Crippen molar-refractivity contribution in [2.75, 3.05) is 12.4 Å². The molecule has 0 bridgehead atoms. The molecule has 1 heterocycles. The molecule has 0 radical (unpaired) electrons. The number of methoxy groups -OCH3 is 1. The van der Waals surface area contributed by atoms with Crippen LogP contribution in [0, 0.1) is 18.3 Å². The molecule has 5 heteroatoms. The average Bonchev–Trinajstić information content (AvgIpc) is 2.51. The van der Waals surface area contributed by atoms with Gasteiger partial charge < -0.3 is 10.1 Å². The SMILES string of the molecule is COc1ccc(C(C)Nc2ncc(C)c(CC#N)n2)cc1. The van der Waals surface area contributed by atoms with Crippen molar-refractivity contribution in [3.63, 3.8) is 0 Å². The highest BCUT2D eigenvalue weighted by molar-refractivity contribution is 5.36. The van der Waals surface area contributed by atoms with Crippen LogP contribution in [0.15, 0.2) is 30.5 Å². The van der Waals surface area contributed by atoms with Crippen LogP contribution >= 0.6 is 0 Å². The molecule has 0 aliphatic carbocycles. The Morgan fingerprint density at radius 3 is 2.67 bits per heavy atom. The lowest BCUT2D eigenvalue weighted by Crippen LogP contribution is -2.10. The fourth-order valence-electron chi connectivity index (χ4n) is 1.97. The normalized spacial score (nSPS) is 11.5. The van der Waals surface area contributed by atoms with Crippen LogP contribution < -0.4 is 10.1 Å². The quantitative estimate of drug-likeness (QED) is 0.912. The number of nitriles is 1. The minimum Gasteiger partial charge on any atom is -0.497 e. The molecule has 21 heavy (non-hydrogen) atoms. The monoisotopic (exact) mass is 282 g/mol. The number of aromatic nitrogens is 2. The van der Waals surface area contributed by atoms with E-state index in [4.69, 9.17) is 10.00 Å². The lowest BCUT2D eigenvalue weighted by atomic mass is 10.1. The van der Waals surface area contributed by atoms with Gasteiger partial charge in [0.15, 0.2) is 0 Å². The van der Waals surface area contributed by atoms with Gasteiger partial charge in [-0.3, -0.25) is 0 Å². The smallest absolute Gasteiger partial charge is 0.223 e. The van der Waals surface area contributed by atoms with Crippen molar-refractivity contribution < 1.29 is 4.74 Å². The van der Waals surface area contributed by atoms with Gasteiger partial charge in [0.2, 0.25) is 5.95 Å². The molecule has 0 saturated heterocycles. The molecule has 1 atom stereocenters. The van der Waals surface area contributed by atoms with Gasteiger partial charge in [0.25, 0.3) is 0 Å². The largest absolute Gasteiger partial charge is 0.497 e. The Morgan fingerprint density at radius 1 is 1.33 bits per heavy atom. The minimum atomic E-state index is 0.0635. The number of rotatable bonds is 5. The van der Waals surface area contributed by atoms with Crippen molar-refractivity contribution in [3.05, 3.63) is 47.3 Å². The summed E-state index contributed by atoms with van der Waals surface area (Å²) >= 11 is 0. The highest BCUT2D eigenvalue weighted by Gasteiger charge is 2.09. The molecule has 5 nitrogen and oxygen atoms in total. The van der Waals surface area contributed by atoms with E-state index in [9.17, 15) is 0 Å². The van der Waals surface area contributed by atoms with E-state index in [0.717, 1.165) is 22.6 Å². The molecule has 0 aliphatic rings. The fraction of sp³-hybridized carbons (Fsp3) is 0.312. The Labute approximate surface area is 124 Å². The Hall–Kier alpha value is -2.61. The number of hydrogen-bond donors (Lipinski definition) is 1. The van der Waals surface area contributed by atoms with Gasteiger partial charge in [-0.15, -0.1) is 0 Å². The molecule has 2 rings (SSSR count). The Morgan fingerprint density at radius 2 is 2.05 bits per heavy atom. The number of nitrogens with zero attached hydrogens (tertiary/aromatic N) is 3. The lowest BCUT2D eigenvalue weighted by Gasteiger charge is -2.15. The Balaban J connectivity index is 2.13. The summed E-state index contributed by atoms with van der Waals surface area (Å²) < 4.78 is 5.15. The van der Waals surface area contributed by atoms with Crippen LogP contribution in [0.2, 0.25) is 0 Å². The van der Waals surface area contributed by atoms with Gasteiger partial charge in [-0.25, -0.2) is 9.97 Å². The third-order valence-electron chi connectivity index (χ3n) is 3.28.